The van der Waals surface area contributed by atoms with Crippen LogP contribution in [-0.2, 0) is 14.8 Å². The van der Waals surface area contributed by atoms with Gasteiger partial charge in [-0.1, -0.05) is 19.3 Å². The van der Waals surface area contributed by atoms with Crippen molar-refractivity contribution in [1.29, 1.82) is 0 Å². The van der Waals surface area contributed by atoms with Crippen LogP contribution < -0.4 is 15.0 Å². The highest BCUT2D eigenvalue weighted by molar-refractivity contribution is 7.89. The molecule has 0 unspecified atom stereocenters. The van der Waals surface area contributed by atoms with Crippen LogP contribution in [0.1, 0.15) is 44.9 Å². The van der Waals surface area contributed by atoms with Gasteiger partial charge in [0.15, 0.2) is 0 Å². The molecule has 1 N–H and O–H groups in total. The van der Waals surface area contributed by atoms with Crippen molar-refractivity contribution in [2.24, 2.45) is 5.92 Å². The van der Waals surface area contributed by atoms with Gasteiger partial charge in [0.05, 0.1) is 12.9 Å². The molecule has 8 heteroatoms. The molecule has 0 spiro atoms. The first-order valence-electron chi connectivity index (χ1n) is 11.1. The lowest BCUT2D eigenvalue weighted by Crippen LogP contribution is -2.49. The summed E-state index contributed by atoms with van der Waals surface area (Å²) in [7, 11) is -1.65. The number of nitrogens with zero attached hydrogens (tertiary/aromatic N) is 2. The summed E-state index contributed by atoms with van der Waals surface area (Å²) in [4.78, 5) is 14.3. The van der Waals surface area contributed by atoms with Gasteiger partial charge in [-0.2, -0.15) is 4.31 Å². The van der Waals surface area contributed by atoms with Gasteiger partial charge >= 0.3 is 0 Å². The number of benzene rings is 1. The summed E-state index contributed by atoms with van der Waals surface area (Å²) in [6.45, 7) is 2.74. The summed E-state index contributed by atoms with van der Waals surface area (Å²) in [5.41, 5.74) is 1.08. The van der Waals surface area contributed by atoms with E-state index >= 15 is 0 Å². The molecular weight excluding hydrogens is 402 g/mol. The third-order valence-corrected chi connectivity index (χ3v) is 8.13. The quantitative estimate of drug-likeness (QED) is 0.601. The van der Waals surface area contributed by atoms with E-state index in [0.29, 0.717) is 51.5 Å². The van der Waals surface area contributed by atoms with Crippen LogP contribution >= 0.6 is 0 Å². The predicted molar refractivity (Wildman–Crippen MR) is 119 cm³/mol. The highest BCUT2D eigenvalue weighted by atomic mass is 32.2. The van der Waals surface area contributed by atoms with Crippen molar-refractivity contribution >= 4 is 21.6 Å². The largest absolute Gasteiger partial charge is 0.497 e. The van der Waals surface area contributed by atoms with E-state index in [1.54, 1.807) is 11.4 Å². The van der Waals surface area contributed by atoms with Crippen molar-refractivity contribution in [2.45, 2.75) is 44.9 Å². The molecular formula is C22H35N3O4S. The SMILES string of the molecule is COc1ccc(N2CCN(S(=O)(=O)CCCNC(=O)CC3CCCCC3)CC2)cc1. The summed E-state index contributed by atoms with van der Waals surface area (Å²) >= 11 is 0. The molecule has 2 aliphatic rings. The second-order valence-corrected chi connectivity index (χ2v) is 10.4. The van der Waals surface area contributed by atoms with Gasteiger partial charge in [-0.05, 0) is 49.4 Å². The van der Waals surface area contributed by atoms with Crippen LogP contribution in [0.3, 0.4) is 0 Å². The molecule has 0 aromatic heterocycles. The van der Waals surface area contributed by atoms with E-state index < -0.39 is 10.0 Å². The topological polar surface area (TPSA) is 79.0 Å². The Morgan fingerprint density at radius 2 is 1.73 bits per heavy atom. The number of amides is 1. The van der Waals surface area contributed by atoms with Gasteiger partial charge in [0.2, 0.25) is 15.9 Å². The van der Waals surface area contributed by atoms with Gasteiger partial charge in [-0.15, -0.1) is 0 Å². The van der Waals surface area contributed by atoms with Crippen LogP contribution in [0.4, 0.5) is 5.69 Å². The fourth-order valence-electron chi connectivity index (χ4n) is 4.35. The van der Waals surface area contributed by atoms with Gasteiger partial charge in [-0.3, -0.25) is 4.79 Å². The molecule has 1 aliphatic carbocycles. The first kappa shape index (κ1) is 22.9. The Hall–Kier alpha value is -1.80. The Balaban J connectivity index is 1.36. The third-order valence-electron chi connectivity index (χ3n) is 6.17. The zero-order valence-electron chi connectivity index (χ0n) is 18.0. The van der Waals surface area contributed by atoms with Gasteiger partial charge in [0.25, 0.3) is 0 Å². The van der Waals surface area contributed by atoms with E-state index in [-0.39, 0.29) is 11.7 Å². The number of ether oxygens (including phenoxy) is 1. The van der Waals surface area contributed by atoms with Crippen LogP contribution in [0, 0.1) is 5.92 Å². The zero-order chi connectivity index (χ0) is 21.4. The summed E-state index contributed by atoms with van der Waals surface area (Å²) in [6.07, 6.45) is 7.06. The second-order valence-electron chi connectivity index (χ2n) is 8.31. The summed E-state index contributed by atoms with van der Waals surface area (Å²) in [5.74, 6) is 1.46. The third kappa shape index (κ3) is 6.60. The first-order valence-corrected chi connectivity index (χ1v) is 12.7. The van der Waals surface area contributed by atoms with Crippen molar-refractivity contribution in [2.75, 3.05) is 50.5 Å². The van der Waals surface area contributed by atoms with Crippen molar-refractivity contribution in [3.8, 4) is 5.75 Å². The molecule has 1 aliphatic heterocycles. The molecule has 0 radical (unpaired) electrons. The standard InChI is InChI=1S/C22H35N3O4S/c1-29-21-10-8-20(9-11-21)24-13-15-25(16-14-24)30(27,28)17-5-12-23-22(26)18-19-6-3-2-4-7-19/h8-11,19H,2-7,12-18H2,1H3,(H,23,26). The number of carbonyl (C=O) groups is 1. The maximum Gasteiger partial charge on any atom is 0.220 e. The summed E-state index contributed by atoms with van der Waals surface area (Å²) in [6, 6.07) is 7.83. The Morgan fingerprint density at radius 3 is 2.37 bits per heavy atom. The molecule has 1 saturated carbocycles. The Bertz CT molecular complexity index is 768. The Kier molecular flexibility index (Phi) is 8.39. The van der Waals surface area contributed by atoms with E-state index in [2.05, 4.69) is 10.2 Å². The highest BCUT2D eigenvalue weighted by Gasteiger charge is 2.26. The molecule has 1 aromatic carbocycles. The van der Waals surface area contributed by atoms with Crippen LogP contribution in [0.15, 0.2) is 24.3 Å². The number of piperazine rings is 1. The van der Waals surface area contributed by atoms with Crippen LogP contribution in [0.25, 0.3) is 0 Å². The fourth-order valence-corrected chi connectivity index (χ4v) is 5.84. The Labute approximate surface area is 180 Å². The lowest BCUT2D eigenvalue weighted by molar-refractivity contribution is -0.122. The minimum absolute atomic E-state index is 0.0624. The molecule has 0 bridgehead atoms. The highest BCUT2D eigenvalue weighted by Crippen LogP contribution is 2.26. The minimum Gasteiger partial charge on any atom is -0.497 e. The van der Waals surface area contributed by atoms with Gasteiger partial charge in [-0.25, -0.2) is 8.42 Å². The molecule has 0 atom stereocenters. The van der Waals surface area contributed by atoms with Gasteiger partial charge in [0.1, 0.15) is 5.75 Å². The molecule has 168 valence electrons. The van der Waals surface area contributed by atoms with E-state index in [4.69, 9.17) is 4.74 Å². The Morgan fingerprint density at radius 1 is 1.07 bits per heavy atom. The van der Waals surface area contributed by atoms with Crippen molar-refractivity contribution in [3.05, 3.63) is 24.3 Å². The molecule has 1 aromatic rings. The molecule has 1 heterocycles. The van der Waals surface area contributed by atoms with Crippen LogP contribution in [-0.4, -0.2) is 64.2 Å². The molecule has 7 nitrogen and oxygen atoms in total. The number of methoxy groups -OCH3 is 1. The van der Waals surface area contributed by atoms with Gasteiger partial charge in [0, 0.05) is 44.8 Å². The molecule has 30 heavy (non-hydrogen) atoms. The number of hydrogen-bond donors (Lipinski definition) is 1. The van der Waals surface area contributed by atoms with E-state index in [9.17, 15) is 13.2 Å². The molecule has 3 rings (SSSR count). The predicted octanol–water partition coefficient (Wildman–Crippen LogP) is 2.62. The van der Waals surface area contributed by atoms with Crippen LogP contribution in [0.2, 0.25) is 0 Å². The summed E-state index contributed by atoms with van der Waals surface area (Å²) in [5, 5.41) is 2.90. The van der Waals surface area contributed by atoms with Gasteiger partial charge < -0.3 is 15.0 Å². The zero-order valence-corrected chi connectivity index (χ0v) is 18.8. The molecule has 1 amide bonds. The average Bonchev–Trinajstić information content (AvgIpc) is 2.78. The van der Waals surface area contributed by atoms with Crippen molar-refractivity contribution in [3.63, 3.8) is 0 Å². The lowest BCUT2D eigenvalue weighted by Gasteiger charge is -2.35. The fraction of sp³-hybridized carbons (Fsp3) is 0.682. The van der Waals surface area contributed by atoms with E-state index in [1.165, 1.54) is 19.3 Å². The number of hydrogen-bond acceptors (Lipinski definition) is 5. The minimum atomic E-state index is -3.29. The number of sulfonamides is 1. The average molecular weight is 438 g/mol. The molecule has 2 fully saturated rings. The smallest absolute Gasteiger partial charge is 0.220 e. The van der Waals surface area contributed by atoms with Crippen LogP contribution in [0.5, 0.6) is 5.75 Å². The second kappa shape index (κ2) is 11.0. The maximum atomic E-state index is 12.7. The lowest BCUT2D eigenvalue weighted by atomic mass is 9.87. The number of nitrogens with one attached hydrogen (secondary N) is 1. The van der Waals surface area contributed by atoms with E-state index in [0.717, 1.165) is 24.3 Å². The maximum absolute atomic E-state index is 12.7. The number of carbonyl (C=O) groups excluding carboxylic acids is 1. The van der Waals surface area contributed by atoms with Crippen molar-refractivity contribution in [1.82, 2.24) is 9.62 Å². The normalized spacial score (nSPS) is 18.9. The first-order chi connectivity index (χ1) is 14.5. The number of anilines is 1. The van der Waals surface area contributed by atoms with Crippen molar-refractivity contribution < 1.29 is 17.9 Å². The molecule has 1 saturated heterocycles. The monoisotopic (exact) mass is 437 g/mol. The number of rotatable bonds is 9. The summed E-state index contributed by atoms with van der Waals surface area (Å²) < 4.78 is 32.1. The van der Waals surface area contributed by atoms with E-state index in [1.807, 2.05) is 24.3 Å².